The largest absolute Gasteiger partial charge is 0.381 e. The van der Waals surface area contributed by atoms with Gasteiger partial charge in [-0.25, -0.2) is 4.98 Å². The minimum Gasteiger partial charge on any atom is -0.381 e. The van der Waals surface area contributed by atoms with Crippen molar-refractivity contribution in [2.24, 2.45) is 5.92 Å². The molecule has 0 aliphatic carbocycles. The van der Waals surface area contributed by atoms with E-state index in [0.29, 0.717) is 45.0 Å². The van der Waals surface area contributed by atoms with Gasteiger partial charge in [0.2, 0.25) is 5.91 Å². The highest BCUT2D eigenvalue weighted by Gasteiger charge is 2.37. The first-order valence-corrected chi connectivity index (χ1v) is 11.9. The molecule has 34 heavy (non-hydrogen) atoms. The lowest BCUT2D eigenvalue weighted by molar-refractivity contribution is -0.141. The van der Waals surface area contributed by atoms with Gasteiger partial charge in [-0.3, -0.25) is 14.6 Å². The highest BCUT2D eigenvalue weighted by atomic mass is 16.5. The highest BCUT2D eigenvalue weighted by Crippen LogP contribution is 2.34. The number of ether oxygens (including phenoxy) is 1. The summed E-state index contributed by atoms with van der Waals surface area (Å²) in [6.07, 6.45) is 7.53. The summed E-state index contributed by atoms with van der Waals surface area (Å²) in [4.78, 5) is 37.2. The molecule has 2 aliphatic rings. The Kier molecular flexibility index (Phi) is 6.67. The Balaban J connectivity index is 1.36. The van der Waals surface area contributed by atoms with Crippen molar-refractivity contribution in [1.82, 2.24) is 24.8 Å². The number of carbonyl (C=O) groups excluding carboxylic acids is 2. The Morgan fingerprint density at radius 3 is 2.65 bits per heavy atom. The van der Waals surface area contributed by atoms with Crippen LogP contribution in [0.5, 0.6) is 0 Å². The number of hydrogen-bond donors (Lipinski definition) is 1. The molecular formula is C26H29N5O3. The van der Waals surface area contributed by atoms with Gasteiger partial charge in [-0.15, -0.1) is 0 Å². The van der Waals surface area contributed by atoms with E-state index in [1.807, 2.05) is 51.9 Å². The standard InChI is InChI=1S/C26H29N5O3/c32-25(28-12-8-19-5-4-11-27-17-19)22-18-30-13-14-31(26(33)21-9-15-34-16-10-21)23(24(30)29-22)20-6-2-1-3-7-20/h1-7,11,17-18,21,23H,8-10,12-16H2,(H,28,32). The third-order valence-electron chi connectivity index (χ3n) is 6.57. The number of benzene rings is 1. The molecule has 1 atom stereocenters. The Morgan fingerprint density at radius 1 is 1.06 bits per heavy atom. The Morgan fingerprint density at radius 2 is 1.88 bits per heavy atom. The molecule has 0 saturated carbocycles. The fourth-order valence-corrected chi connectivity index (χ4v) is 4.76. The first kappa shape index (κ1) is 22.3. The Hall–Kier alpha value is -3.52. The molecule has 5 rings (SSSR count). The van der Waals surface area contributed by atoms with Gasteiger partial charge < -0.3 is 19.5 Å². The Labute approximate surface area is 199 Å². The average Bonchev–Trinajstić information content (AvgIpc) is 3.34. The van der Waals surface area contributed by atoms with Crippen LogP contribution in [0, 0.1) is 5.92 Å². The van der Waals surface area contributed by atoms with E-state index in [4.69, 9.17) is 9.72 Å². The van der Waals surface area contributed by atoms with Crippen LogP contribution in [0.2, 0.25) is 0 Å². The molecule has 2 aliphatic heterocycles. The fraction of sp³-hybridized carbons (Fsp3) is 0.385. The molecule has 2 amide bonds. The molecule has 1 unspecified atom stereocenters. The number of rotatable bonds is 6. The lowest BCUT2D eigenvalue weighted by atomic mass is 9.95. The topological polar surface area (TPSA) is 89.4 Å². The summed E-state index contributed by atoms with van der Waals surface area (Å²) in [6.45, 7) is 2.95. The monoisotopic (exact) mass is 459 g/mol. The molecule has 176 valence electrons. The molecule has 8 heteroatoms. The predicted molar refractivity (Wildman–Crippen MR) is 126 cm³/mol. The van der Waals surface area contributed by atoms with Crippen LogP contribution >= 0.6 is 0 Å². The van der Waals surface area contributed by atoms with Crippen molar-refractivity contribution in [3.63, 3.8) is 0 Å². The zero-order valence-corrected chi connectivity index (χ0v) is 19.1. The number of carbonyl (C=O) groups is 2. The van der Waals surface area contributed by atoms with Crippen molar-refractivity contribution >= 4 is 11.8 Å². The van der Waals surface area contributed by atoms with Crippen molar-refractivity contribution in [3.8, 4) is 0 Å². The fourth-order valence-electron chi connectivity index (χ4n) is 4.76. The van der Waals surface area contributed by atoms with E-state index in [0.717, 1.165) is 29.8 Å². The minimum atomic E-state index is -0.317. The zero-order valence-electron chi connectivity index (χ0n) is 19.1. The SMILES string of the molecule is O=C(NCCc1cccnc1)c1cn2c(n1)C(c1ccccc1)N(C(=O)C1CCOCC1)CC2. The molecule has 1 saturated heterocycles. The van der Waals surface area contributed by atoms with E-state index in [1.54, 1.807) is 18.6 Å². The van der Waals surface area contributed by atoms with Crippen LogP contribution in [0.15, 0.2) is 61.1 Å². The third kappa shape index (κ3) is 4.72. The molecule has 3 aromatic rings. The number of aromatic nitrogens is 3. The first-order valence-electron chi connectivity index (χ1n) is 11.9. The first-order chi connectivity index (χ1) is 16.7. The second-order valence-corrected chi connectivity index (χ2v) is 8.78. The minimum absolute atomic E-state index is 0.0308. The van der Waals surface area contributed by atoms with E-state index in [9.17, 15) is 9.59 Å². The van der Waals surface area contributed by atoms with E-state index in [1.165, 1.54) is 0 Å². The van der Waals surface area contributed by atoms with Crippen molar-refractivity contribution < 1.29 is 14.3 Å². The van der Waals surface area contributed by atoms with Crippen LogP contribution in [0.3, 0.4) is 0 Å². The molecule has 4 heterocycles. The van der Waals surface area contributed by atoms with Gasteiger partial charge in [-0.1, -0.05) is 36.4 Å². The lowest BCUT2D eigenvalue weighted by Gasteiger charge is -2.38. The normalized spacial score (nSPS) is 18.4. The number of nitrogens with one attached hydrogen (secondary N) is 1. The number of amides is 2. The van der Waals surface area contributed by atoms with Crippen LogP contribution < -0.4 is 5.32 Å². The van der Waals surface area contributed by atoms with Gasteiger partial charge in [-0.2, -0.15) is 0 Å². The highest BCUT2D eigenvalue weighted by molar-refractivity contribution is 5.92. The van der Waals surface area contributed by atoms with Crippen LogP contribution in [0.4, 0.5) is 0 Å². The van der Waals surface area contributed by atoms with Gasteiger partial charge in [0, 0.05) is 57.4 Å². The Bertz CT molecular complexity index is 1130. The lowest BCUT2D eigenvalue weighted by Crippen LogP contribution is -2.46. The molecule has 1 N–H and O–H groups in total. The van der Waals surface area contributed by atoms with Gasteiger partial charge in [-0.05, 0) is 36.5 Å². The van der Waals surface area contributed by atoms with Gasteiger partial charge in [0.05, 0.1) is 0 Å². The zero-order chi connectivity index (χ0) is 23.3. The third-order valence-corrected chi connectivity index (χ3v) is 6.57. The van der Waals surface area contributed by atoms with Gasteiger partial charge in [0.15, 0.2) is 0 Å². The number of fused-ring (bicyclic) bond motifs is 1. The maximum atomic E-state index is 13.5. The average molecular weight is 460 g/mol. The van der Waals surface area contributed by atoms with E-state index < -0.39 is 0 Å². The molecule has 2 aromatic heterocycles. The second-order valence-electron chi connectivity index (χ2n) is 8.78. The van der Waals surface area contributed by atoms with E-state index in [-0.39, 0.29) is 23.8 Å². The number of imidazole rings is 1. The summed E-state index contributed by atoms with van der Waals surface area (Å²) in [5.74, 6) is 0.640. The second kappa shape index (κ2) is 10.2. The van der Waals surface area contributed by atoms with Gasteiger partial charge in [0.1, 0.15) is 17.6 Å². The molecule has 0 radical (unpaired) electrons. The molecule has 1 fully saturated rings. The number of pyridine rings is 1. The molecule has 0 bridgehead atoms. The van der Waals surface area contributed by atoms with Crippen LogP contribution in [-0.4, -0.2) is 57.6 Å². The van der Waals surface area contributed by atoms with E-state index in [2.05, 4.69) is 10.3 Å². The summed E-state index contributed by atoms with van der Waals surface area (Å²) >= 11 is 0. The van der Waals surface area contributed by atoms with Gasteiger partial charge >= 0.3 is 0 Å². The maximum Gasteiger partial charge on any atom is 0.271 e. The molecule has 8 nitrogen and oxygen atoms in total. The molecule has 1 aromatic carbocycles. The number of nitrogens with zero attached hydrogens (tertiary/aromatic N) is 4. The van der Waals surface area contributed by atoms with Gasteiger partial charge in [0.25, 0.3) is 5.91 Å². The smallest absolute Gasteiger partial charge is 0.271 e. The van der Waals surface area contributed by atoms with Crippen molar-refractivity contribution in [2.75, 3.05) is 26.3 Å². The van der Waals surface area contributed by atoms with E-state index >= 15 is 0 Å². The van der Waals surface area contributed by atoms with Crippen molar-refractivity contribution in [1.29, 1.82) is 0 Å². The van der Waals surface area contributed by atoms with Crippen molar-refractivity contribution in [2.45, 2.75) is 31.8 Å². The molecular weight excluding hydrogens is 430 g/mol. The summed E-state index contributed by atoms with van der Waals surface area (Å²) in [5, 5.41) is 2.96. The maximum absolute atomic E-state index is 13.5. The summed E-state index contributed by atoms with van der Waals surface area (Å²) < 4.78 is 7.48. The van der Waals surface area contributed by atoms with Crippen LogP contribution in [-0.2, 0) is 22.5 Å². The van der Waals surface area contributed by atoms with Crippen LogP contribution in [0.25, 0.3) is 0 Å². The quantitative estimate of drug-likeness (QED) is 0.612. The number of hydrogen-bond acceptors (Lipinski definition) is 5. The predicted octanol–water partition coefficient (Wildman–Crippen LogP) is 2.61. The van der Waals surface area contributed by atoms with Crippen LogP contribution in [0.1, 0.15) is 46.3 Å². The summed E-state index contributed by atoms with van der Waals surface area (Å²) in [7, 11) is 0. The summed E-state index contributed by atoms with van der Waals surface area (Å²) in [5.41, 5.74) is 2.44. The summed E-state index contributed by atoms with van der Waals surface area (Å²) in [6, 6.07) is 13.5. The molecule has 0 spiro atoms. The van der Waals surface area contributed by atoms with Crippen molar-refractivity contribution in [3.05, 3.63) is 83.7 Å².